The number of aliphatic hydroxyl groups excluding tert-OH is 1. The summed E-state index contributed by atoms with van der Waals surface area (Å²) in [7, 11) is 1.47. The first-order chi connectivity index (χ1) is 13.5. The van der Waals surface area contributed by atoms with Crippen molar-refractivity contribution in [2.45, 2.75) is 12.5 Å². The Kier molecular flexibility index (Phi) is 6.54. The molecule has 1 saturated heterocycles. The van der Waals surface area contributed by atoms with Gasteiger partial charge in [0.15, 0.2) is 0 Å². The molecule has 0 saturated carbocycles. The quantitative estimate of drug-likeness (QED) is 0.832. The Hall–Kier alpha value is -2.57. The van der Waals surface area contributed by atoms with Crippen molar-refractivity contribution < 1.29 is 19.4 Å². The van der Waals surface area contributed by atoms with Crippen molar-refractivity contribution in [2.75, 3.05) is 33.3 Å². The zero-order valence-corrected chi connectivity index (χ0v) is 16.4. The van der Waals surface area contributed by atoms with Crippen molar-refractivity contribution in [3.05, 3.63) is 64.7 Å². The molecule has 0 radical (unpaired) electrons. The lowest BCUT2D eigenvalue weighted by molar-refractivity contribution is -0.131. The van der Waals surface area contributed by atoms with Crippen molar-refractivity contribution in [1.82, 2.24) is 9.80 Å². The minimum Gasteiger partial charge on any atom is -0.496 e. The van der Waals surface area contributed by atoms with E-state index >= 15 is 0 Å². The number of amides is 2. The van der Waals surface area contributed by atoms with Gasteiger partial charge in [-0.25, -0.2) is 0 Å². The fraction of sp³-hybridized carbons (Fsp3) is 0.333. The van der Waals surface area contributed by atoms with Crippen molar-refractivity contribution in [2.24, 2.45) is 0 Å². The highest BCUT2D eigenvalue weighted by molar-refractivity contribution is 6.31. The van der Waals surface area contributed by atoms with Crippen LogP contribution in [0.3, 0.4) is 0 Å². The Bertz CT molecular complexity index is 844. The zero-order chi connectivity index (χ0) is 20.1. The van der Waals surface area contributed by atoms with E-state index in [0.29, 0.717) is 23.7 Å². The van der Waals surface area contributed by atoms with Crippen molar-refractivity contribution >= 4 is 23.4 Å². The van der Waals surface area contributed by atoms with Gasteiger partial charge in [-0.1, -0.05) is 41.9 Å². The molecule has 6 nitrogen and oxygen atoms in total. The largest absolute Gasteiger partial charge is 0.496 e. The molecule has 1 heterocycles. The molecule has 0 aromatic heterocycles. The third kappa shape index (κ3) is 4.82. The van der Waals surface area contributed by atoms with Crippen LogP contribution >= 0.6 is 11.6 Å². The third-order valence-electron chi connectivity index (χ3n) is 4.73. The molecule has 0 bridgehead atoms. The van der Waals surface area contributed by atoms with E-state index in [1.807, 2.05) is 30.3 Å². The third-order valence-corrected chi connectivity index (χ3v) is 4.97. The number of nitrogens with zero attached hydrogens (tertiary/aromatic N) is 2. The highest BCUT2D eigenvalue weighted by Crippen LogP contribution is 2.24. The van der Waals surface area contributed by atoms with Crippen LogP contribution in [0.4, 0.5) is 0 Å². The lowest BCUT2D eigenvalue weighted by Crippen LogP contribution is -2.40. The van der Waals surface area contributed by atoms with Gasteiger partial charge >= 0.3 is 0 Å². The molecular formula is C21H23ClN2O4. The monoisotopic (exact) mass is 402 g/mol. The number of carbonyl (C=O) groups excluding carboxylic acids is 2. The molecule has 1 atom stereocenters. The van der Waals surface area contributed by atoms with Crippen LogP contribution in [0, 0.1) is 0 Å². The van der Waals surface area contributed by atoms with Gasteiger partial charge < -0.3 is 19.6 Å². The van der Waals surface area contributed by atoms with Crippen molar-refractivity contribution in [3.8, 4) is 5.75 Å². The molecule has 3 rings (SSSR count). The number of carbonyl (C=O) groups is 2. The molecule has 1 aliphatic heterocycles. The fourth-order valence-corrected chi connectivity index (χ4v) is 3.47. The molecule has 28 heavy (non-hydrogen) atoms. The lowest BCUT2D eigenvalue weighted by Gasteiger charge is -2.22. The number of aliphatic hydroxyl groups is 1. The molecule has 1 unspecified atom stereocenters. The molecular weight excluding hydrogens is 380 g/mol. The summed E-state index contributed by atoms with van der Waals surface area (Å²) in [6.45, 7) is 0.660. The van der Waals surface area contributed by atoms with E-state index in [4.69, 9.17) is 16.3 Å². The first-order valence-corrected chi connectivity index (χ1v) is 9.48. The maximum absolute atomic E-state index is 13.0. The minimum atomic E-state index is -0.823. The number of methoxy groups -OCH3 is 1. The average Bonchev–Trinajstić information content (AvgIpc) is 2.84. The van der Waals surface area contributed by atoms with Crippen LogP contribution in [0.2, 0.25) is 5.02 Å². The van der Waals surface area contributed by atoms with Crippen LogP contribution < -0.4 is 4.74 Å². The summed E-state index contributed by atoms with van der Waals surface area (Å²) < 4.78 is 5.24. The Balaban J connectivity index is 1.72. The van der Waals surface area contributed by atoms with E-state index in [9.17, 15) is 14.7 Å². The highest BCUT2D eigenvalue weighted by atomic mass is 35.5. The van der Waals surface area contributed by atoms with Gasteiger partial charge in [0, 0.05) is 24.7 Å². The number of hydrogen-bond acceptors (Lipinski definition) is 4. The number of rotatable bonds is 5. The molecule has 1 N–H and O–H groups in total. The zero-order valence-electron chi connectivity index (χ0n) is 15.7. The summed E-state index contributed by atoms with van der Waals surface area (Å²) in [5, 5.41) is 10.8. The van der Waals surface area contributed by atoms with Gasteiger partial charge in [0.25, 0.3) is 5.91 Å². The Morgan fingerprint density at radius 1 is 1.21 bits per heavy atom. The fourth-order valence-electron chi connectivity index (χ4n) is 3.29. The molecule has 0 spiro atoms. The minimum absolute atomic E-state index is 0.0715. The number of ether oxygens (including phenoxy) is 1. The Morgan fingerprint density at radius 2 is 1.96 bits per heavy atom. The van der Waals surface area contributed by atoms with Gasteiger partial charge in [0.1, 0.15) is 12.3 Å². The van der Waals surface area contributed by atoms with Crippen molar-refractivity contribution in [3.63, 3.8) is 0 Å². The van der Waals surface area contributed by atoms with Crippen molar-refractivity contribution in [1.29, 1.82) is 0 Å². The van der Waals surface area contributed by atoms with Crippen LogP contribution in [0.25, 0.3) is 0 Å². The molecule has 0 aliphatic carbocycles. The molecule has 2 amide bonds. The molecule has 2 aromatic carbocycles. The van der Waals surface area contributed by atoms with Crippen LogP contribution in [-0.2, 0) is 11.2 Å². The predicted molar refractivity (Wildman–Crippen MR) is 107 cm³/mol. The van der Waals surface area contributed by atoms with E-state index in [-0.39, 0.29) is 31.1 Å². The first-order valence-electron chi connectivity index (χ1n) is 9.10. The summed E-state index contributed by atoms with van der Waals surface area (Å²) >= 11 is 6.02. The van der Waals surface area contributed by atoms with E-state index in [2.05, 4.69) is 0 Å². The number of halogens is 1. The summed E-state index contributed by atoms with van der Waals surface area (Å²) in [6, 6.07) is 14.6. The summed E-state index contributed by atoms with van der Waals surface area (Å²) in [5.41, 5.74) is 1.39. The predicted octanol–water partition coefficient (Wildman–Crippen LogP) is 2.24. The molecule has 148 valence electrons. The maximum atomic E-state index is 13.0. The van der Waals surface area contributed by atoms with Gasteiger partial charge in [-0.15, -0.1) is 0 Å². The molecule has 1 fully saturated rings. The van der Waals surface area contributed by atoms with E-state index < -0.39 is 12.0 Å². The summed E-state index contributed by atoms with van der Waals surface area (Å²) in [4.78, 5) is 28.6. The summed E-state index contributed by atoms with van der Waals surface area (Å²) in [5.74, 6) is -0.208. The van der Waals surface area contributed by atoms with E-state index in [1.165, 1.54) is 18.1 Å². The normalized spacial score (nSPS) is 17.4. The number of β-amino-alcohol motifs (C(OH)–C–C–N with tert-alkyl or cyclic N) is 1. The second-order valence-corrected chi connectivity index (χ2v) is 7.20. The summed E-state index contributed by atoms with van der Waals surface area (Å²) in [6.07, 6.45) is -0.133. The molecule has 1 aliphatic rings. The van der Waals surface area contributed by atoms with Crippen LogP contribution in [0.1, 0.15) is 15.9 Å². The highest BCUT2D eigenvalue weighted by Gasteiger charge is 2.30. The SMILES string of the molecule is COc1ccc(Cl)cc1C(=O)N1CC(=O)N(CCc2ccccc2)CC(O)C1. The second kappa shape index (κ2) is 9.08. The smallest absolute Gasteiger partial charge is 0.258 e. The Labute approximate surface area is 169 Å². The molecule has 2 aromatic rings. The van der Waals surface area contributed by atoms with Crippen LogP contribution in [0.5, 0.6) is 5.75 Å². The van der Waals surface area contributed by atoms with E-state index in [0.717, 1.165) is 5.56 Å². The van der Waals surface area contributed by atoms with E-state index in [1.54, 1.807) is 17.0 Å². The number of hydrogen-bond donors (Lipinski definition) is 1. The van der Waals surface area contributed by atoms with Gasteiger partial charge in [-0.3, -0.25) is 9.59 Å². The van der Waals surface area contributed by atoms with Crippen LogP contribution in [-0.4, -0.2) is 66.1 Å². The lowest BCUT2D eigenvalue weighted by atomic mass is 10.1. The van der Waals surface area contributed by atoms with Gasteiger partial charge in [0.2, 0.25) is 5.91 Å². The van der Waals surface area contributed by atoms with Gasteiger partial charge in [0.05, 0.1) is 18.8 Å². The van der Waals surface area contributed by atoms with Gasteiger partial charge in [-0.2, -0.15) is 0 Å². The first kappa shape index (κ1) is 20.2. The maximum Gasteiger partial charge on any atom is 0.258 e. The standard InChI is InChI=1S/C21H23ClN2O4/c1-28-19-8-7-16(22)11-18(19)21(27)24-13-17(25)12-23(20(26)14-24)10-9-15-5-3-2-4-6-15/h2-8,11,17,25H,9-10,12-14H2,1H3. The Morgan fingerprint density at radius 3 is 2.68 bits per heavy atom. The number of benzene rings is 2. The van der Waals surface area contributed by atoms with Gasteiger partial charge in [-0.05, 0) is 30.2 Å². The van der Waals surface area contributed by atoms with Crippen LogP contribution in [0.15, 0.2) is 48.5 Å². The second-order valence-electron chi connectivity index (χ2n) is 6.76. The average molecular weight is 403 g/mol. The molecule has 7 heteroatoms. The topological polar surface area (TPSA) is 70.1 Å².